The number of nitrogens with zero attached hydrogens (tertiary/aromatic N) is 3. The molecule has 1 saturated heterocycles. The zero-order chi connectivity index (χ0) is 16.9. The van der Waals surface area contributed by atoms with E-state index in [2.05, 4.69) is 10.5 Å². The molecule has 1 amide bonds. The van der Waals surface area contributed by atoms with E-state index >= 15 is 0 Å². The fourth-order valence-corrected chi connectivity index (χ4v) is 3.73. The van der Waals surface area contributed by atoms with Crippen LogP contribution in [0.3, 0.4) is 0 Å². The highest BCUT2D eigenvalue weighted by atomic mass is 32.2. The van der Waals surface area contributed by atoms with Crippen molar-refractivity contribution >= 4 is 27.3 Å². The van der Waals surface area contributed by atoms with Crippen LogP contribution in [0.25, 0.3) is 0 Å². The summed E-state index contributed by atoms with van der Waals surface area (Å²) < 4.78 is 26.4. The number of nitriles is 1. The first-order chi connectivity index (χ1) is 10.9. The SMILES string of the molecule is N#C/C(=N\Nc1ccc(S(=O)(=O)N2CCCCC2)cc1)C(N)=O. The van der Waals surface area contributed by atoms with Crippen LogP contribution in [0.15, 0.2) is 34.3 Å². The summed E-state index contributed by atoms with van der Waals surface area (Å²) in [4.78, 5) is 11.1. The molecule has 0 aliphatic carbocycles. The normalized spacial score (nSPS) is 16.6. The highest BCUT2D eigenvalue weighted by Crippen LogP contribution is 2.21. The van der Waals surface area contributed by atoms with E-state index in [1.165, 1.54) is 28.6 Å². The van der Waals surface area contributed by atoms with Gasteiger partial charge >= 0.3 is 0 Å². The Hall–Kier alpha value is -2.44. The van der Waals surface area contributed by atoms with Crippen LogP contribution in [0.5, 0.6) is 0 Å². The van der Waals surface area contributed by atoms with Gasteiger partial charge in [0.25, 0.3) is 5.91 Å². The third kappa shape index (κ3) is 4.06. The lowest BCUT2D eigenvalue weighted by Gasteiger charge is -2.25. The van der Waals surface area contributed by atoms with Crippen LogP contribution in [0, 0.1) is 11.3 Å². The Morgan fingerprint density at radius 2 is 1.83 bits per heavy atom. The molecule has 23 heavy (non-hydrogen) atoms. The van der Waals surface area contributed by atoms with E-state index in [1.54, 1.807) is 6.07 Å². The summed E-state index contributed by atoms with van der Waals surface area (Å²) in [6.07, 6.45) is 2.79. The summed E-state index contributed by atoms with van der Waals surface area (Å²) in [6, 6.07) is 7.49. The maximum Gasteiger partial charge on any atom is 0.280 e. The number of piperidine rings is 1. The number of nitrogens with two attached hydrogens (primary N) is 1. The van der Waals surface area contributed by atoms with E-state index in [-0.39, 0.29) is 4.90 Å². The Balaban J connectivity index is 2.13. The van der Waals surface area contributed by atoms with Crippen LogP contribution in [-0.4, -0.2) is 37.4 Å². The van der Waals surface area contributed by atoms with Crippen LogP contribution in [0.2, 0.25) is 0 Å². The largest absolute Gasteiger partial charge is 0.364 e. The molecular formula is C14H17N5O3S. The predicted octanol–water partition coefficient (Wildman–Crippen LogP) is 0.638. The van der Waals surface area contributed by atoms with Gasteiger partial charge in [0.15, 0.2) is 0 Å². The molecule has 1 heterocycles. The summed E-state index contributed by atoms with van der Waals surface area (Å²) in [5.41, 5.74) is 7.43. The van der Waals surface area contributed by atoms with Crippen molar-refractivity contribution in [3.05, 3.63) is 24.3 Å². The number of rotatable bonds is 5. The molecule has 0 radical (unpaired) electrons. The van der Waals surface area contributed by atoms with Crippen LogP contribution >= 0.6 is 0 Å². The standard InChI is InChI=1S/C14H17N5O3S/c15-10-13(14(16)20)18-17-11-4-6-12(7-5-11)23(21,22)19-8-2-1-3-9-19/h4-7,17H,1-3,8-9H2,(H2,16,20)/b18-13+. The number of carbonyl (C=O) groups excluding carboxylic acids is 1. The van der Waals surface area contributed by atoms with Gasteiger partial charge in [-0.25, -0.2) is 8.42 Å². The molecule has 1 fully saturated rings. The van der Waals surface area contributed by atoms with E-state index in [9.17, 15) is 13.2 Å². The van der Waals surface area contributed by atoms with E-state index in [0.717, 1.165) is 19.3 Å². The number of amides is 1. The third-order valence-corrected chi connectivity index (χ3v) is 5.36. The minimum atomic E-state index is -3.48. The number of hydrogen-bond donors (Lipinski definition) is 2. The summed E-state index contributed by atoms with van der Waals surface area (Å²) in [5, 5.41) is 12.2. The minimum Gasteiger partial charge on any atom is -0.364 e. The van der Waals surface area contributed by atoms with Gasteiger partial charge in [-0.3, -0.25) is 10.2 Å². The number of hydrazone groups is 1. The molecule has 122 valence electrons. The van der Waals surface area contributed by atoms with Crippen molar-refractivity contribution in [3.8, 4) is 6.07 Å². The first kappa shape index (κ1) is 16.9. The molecule has 0 bridgehead atoms. The number of anilines is 1. The summed E-state index contributed by atoms with van der Waals surface area (Å²) in [7, 11) is -3.48. The molecule has 8 nitrogen and oxygen atoms in total. The van der Waals surface area contributed by atoms with E-state index in [1.807, 2.05) is 0 Å². The number of hydrogen-bond acceptors (Lipinski definition) is 6. The van der Waals surface area contributed by atoms with Crippen molar-refractivity contribution in [2.24, 2.45) is 10.8 Å². The lowest BCUT2D eigenvalue weighted by atomic mass is 10.2. The number of nitrogens with one attached hydrogen (secondary N) is 1. The van der Waals surface area contributed by atoms with Crippen molar-refractivity contribution < 1.29 is 13.2 Å². The number of benzene rings is 1. The molecule has 1 aliphatic heterocycles. The van der Waals surface area contributed by atoms with Crippen molar-refractivity contribution in [2.75, 3.05) is 18.5 Å². The molecule has 0 atom stereocenters. The van der Waals surface area contributed by atoms with Crippen LogP contribution in [0.4, 0.5) is 5.69 Å². The first-order valence-electron chi connectivity index (χ1n) is 7.09. The molecule has 0 unspecified atom stereocenters. The van der Waals surface area contributed by atoms with E-state index in [4.69, 9.17) is 11.0 Å². The van der Waals surface area contributed by atoms with E-state index < -0.39 is 21.6 Å². The van der Waals surface area contributed by atoms with Crippen molar-refractivity contribution in [3.63, 3.8) is 0 Å². The Bertz CT molecular complexity index is 744. The number of carbonyl (C=O) groups is 1. The molecule has 1 aromatic rings. The van der Waals surface area contributed by atoms with Gasteiger partial charge in [-0.05, 0) is 37.1 Å². The van der Waals surface area contributed by atoms with Crippen LogP contribution in [-0.2, 0) is 14.8 Å². The quantitative estimate of drug-likeness (QED) is 0.602. The fraction of sp³-hybridized carbons (Fsp3) is 0.357. The third-order valence-electron chi connectivity index (χ3n) is 3.44. The Morgan fingerprint density at radius 1 is 1.22 bits per heavy atom. The second-order valence-electron chi connectivity index (χ2n) is 5.04. The Kier molecular flexibility index (Phi) is 5.31. The van der Waals surface area contributed by atoms with Gasteiger partial charge in [0, 0.05) is 13.1 Å². The fourth-order valence-electron chi connectivity index (χ4n) is 2.21. The van der Waals surface area contributed by atoms with Gasteiger partial charge in [0.05, 0.1) is 10.6 Å². The summed E-state index contributed by atoms with van der Waals surface area (Å²) in [6.45, 7) is 1.08. The van der Waals surface area contributed by atoms with Crippen LogP contribution < -0.4 is 11.2 Å². The first-order valence-corrected chi connectivity index (χ1v) is 8.53. The molecule has 9 heteroatoms. The Morgan fingerprint density at radius 3 is 2.35 bits per heavy atom. The molecule has 0 aromatic heterocycles. The average Bonchev–Trinajstić information content (AvgIpc) is 2.56. The van der Waals surface area contributed by atoms with Crippen LogP contribution in [0.1, 0.15) is 19.3 Å². The average molecular weight is 335 g/mol. The molecule has 0 saturated carbocycles. The maximum absolute atomic E-state index is 12.5. The highest BCUT2D eigenvalue weighted by Gasteiger charge is 2.25. The van der Waals surface area contributed by atoms with E-state index in [0.29, 0.717) is 18.8 Å². The van der Waals surface area contributed by atoms with Crippen molar-refractivity contribution in [1.82, 2.24) is 4.31 Å². The molecular weight excluding hydrogens is 318 g/mol. The molecule has 2 rings (SSSR count). The van der Waals surface area contributed by atoms with Gasteiger partial charge in [-0.15, -0.1) is 0 Å². The highest BCUT2D eigenvalue weighted by molar-refractivity contribution is 7.89. The van der Waals surface area contributed by atoms with Gasteiger partial charge < -0.3 is 5.73 Å². The smallest absolute Gasteiger partial charge is 0.280 e. The molecule has 1 aliphatic rings. The van der Waals surface area contributed by atoms with Gasteiger partial charge in [0.2, 0.25) is 15.7 Å². The lowest BCUT2D eigenvalue weighted by molar-refractivity contribution is -0.111. The minimum absolute atomic E-state index is 0.198. The molecule has 0 spiro atoms. The van der Waals surface area contributed by atoms with Gasteiger partial charge in [-0.2, -0.15) is 14.7 Å². The molecule has 1 aromatic carbocycles. The van der Waals surface area contributed by atoms with Crippen molar-refractivity contribution in [1.29, 1.82) is 5.26 Å². The lowest BCUT2D eigenvalue weighted by Crippen LogP contribution is -2.35. The zero-order valence-electron chi connectivity index (χ0n) is 12.4. The number of primary amides is 1. The number of sulfonamides is 1. The van der Waals surface area contributed by atoms with Gasteiger partial charge in [0.1, 0.15) is 6.07 Å². The predicted molar refractivity (Wildman–Crippen MR) is 84.9 cm³/mol. The van der Waals surface area contributed by atoms with Crippen molar-refractivity contribution in [2.45, 2.75) is 24.2 Å². The zero-order valence-corrected chi connectivity index (χ0v) is 13.2. The molecule has 3 N–H and O–H groups in total. The monoisotopic (exact) mass is 335 g/mol. The van der Waals surface area contributed by atoms with Gasteiger partial charge in [-0.1, -0.05) is 6.42 Å². The topological polar surface area (TPSA) is 129 Å². The summed E-state index contributed by atoms with van der Waals surface area (Å²) in [5.74, 6) is -0.940. The maximum atomic E-state index is 12.5. The Labute approximate surface area is 134 Å². The summed E-state index contributed by atoms with van der Waals surface area (Å²) >= 11 is 0. The second kappa shape index (κ2) is 7.21. The second-order valence-corrected chi connectivity index (χ2v) is 6.98.